The monoisotopic (exact) mass is 679 g/mol. The van der Waals surface area contributed by atoms with Gasteiger partial charge in [0.1, 0.15) is 22.2 Å². The van der Waals surface area contributed by atoms with Crippen LogP contribution < -0.4 is 4.74 Å². The van der Waals surface area contributed by atoms with Gasteiger partial charge in [0, 0.05) is 11.6 Å². The molecule has 0 radical (unpaired) electrons. The second-order valence-electron chi connectivity index (χ2n) is 7.79. The Morgan fingerprint density at radius 3 is 2.49 bits per heavy atom. The van der Waals surface area contributed by atoms with Crippen molar-refractivity contribution < 1.29 is 9.84 Å². The molecule has 0 fully saturated rings. The van der Waals surface area contributed by atoms with Gasteiger partial charge in [-0.3, -0.25) is 0 Å². The van der Waals surface area contributed by atoms with Gasteiger partial charge in [-0.1, -0.05) is 19.4 Å². The molecule has 0 bridgehead atoms. The molecule has 4 rings (SSSR count). The zero-order chi connectivity index (χ0) is 25.4. The first-order valence-electron chi connectivity index (χ1n) is 11.0. The summed E-state index contributed by atoms with van der Waals surface area (Å²) in [4.78, 5) is 4.79. The number of aromatic nitrogens is 1. The van der Waals surface area contributed by atoms with Crippen LogP contribution in [-0.4, -0.2) is 19.9 Å². The van der Waals surface area contributed by atoms with E-state index in [1.165, 1.54) is 10.3 Å². The van der Waals surface area contributed by atoms with E-state index in [-0.39, 0.29) is 8.93 Å². The van der Waals surface area contributed by atoms with E-state index in [1.807, 2.05) is 18.2 Å². The fourth-order valence-electron chi connectivity index (χ4n) is 3.24. The molecule has 0 amide bonds. The van der Waals surface area contributed by atoms with E-state index in [4.69, 9.17) is 9.72 Å². The molecule has 0 saturated carbocycles. The van der Waals surface area contributed by atoms with Gasteiger partial charge in [0.15, 0.2) is 0 Å². The maximum absolute atomic E-state index is 9.76. The van der Waals surface area contributed by atoms with Crippen molar-refractivity contribution in [3.05, 3.63) is 65.7 Å². The third kappa shape index (κ3) is 8.41. The number of rotatable bonds is 7. The summed E-state index contributed by atoms with van der Waals surface area (Å²) in [6.07, 6.45) is 1.98. The highest BCUT2D eigenvalue weighted by molar-refractivity contribution is 9.69. The number of phenolic OH excluding ortho intramolecular Hbond substituents is 1. The first-order chi connectivity index (χ1) is 16.8. The van der Waals surface area contributed by atoms with Gasteiger partial charge in [-0.05, 0) is 73.9 Å². The molecule has 5 nitrogen and oxygen atoms in total. The van der Waals surface area contributed by atoms with Crippen molar-refractivity contribution in [1.82, 2.24) is 4.98 Å². The van der Waals surface area contributed by atoms with Crippen LogP contribution in [0.3, 0.4) is 0 Å². The van der Waals surface area contributed by atoms with Gasteiger partial charge in [0.05, 0.1) is 22.5 Å². The van der Waals surface area contributed by atoms with E-state index >= 15 is 0 Å². The number of benzene rings is 3. The lowest BCUT2D eigenvalue weighted by Crippen LogP contribution is -1.96. The van der Waals surface area contributed by atoms with Crippen molar-refractivity contribution >= 4 is 83.4 Å². The summed E-state index contributed by atoms with van der Waals surface area (Å²) < 4.78 is 7.23. The number of azo groups is 1. The number of nitrogens with zero attached hydrogens (tertiary/aromatic N) is 3. The summed E-state index contributed by atoms with van der Waals surface area (Å²) in [6.45, 7) is 6.84. The summed E-state index contributed by atoms with van der Waals surface area (Å²) in [5.41, 5.74) is 5.81. The Bertz CT molecular complexity index is 1310. The maximum atomic E-state index is 9.76. The van der Waals surface area contributed by atoms with Crippen LogP contribution in [-0.2, 0) is 0 Å². The number of unbranched alkanes of at least 4 members (excludes halogenated alkanes) is 1. The maximum Gasteiger partial charge on any atom is 0.369 e. The number of thiazole rings is 1. The largest absolute Gasteiger partial charge is 0.508 e. The Labute approximate surface area is 235 Å². The molecule has 0 aliphatic carbocycles. The quantitative estimate of drug-likeness (QED) is 0.120. The number of ether oxygens (including phenoxy) is 1. The summed E-state index contributed by atoms with van der Waals surface area (Å²) in [5.74, 6) is 0.687. The van der Waals surface area contributed by atoms with Crippen molar-refractivity contribution in [1.29, 1.82) is 0 Å². The van der Waals surface area contributed by atoms with E-state index < -0.39 is 0 Å². The lowest BCUT2D eigenvalue weighted by molar-refractivity contribution is 0.308. The van der Waals surface area contributed by atoms with Crippen LogP contribution in [0.25, 0.3) is 20.8 Å². The fraction of sp³-hybridized carbons (Fsp3) is 0.240. The summed E-state index contributed by atoms with van der Waals surface area (Å²) in [5, 5.41) is 19.5. The number of hydrogen-bond donors (Lipinski definition) is 1. The lowest BCUT2D eigenvalue weighted by atomic mass is 10.1. The molecule has 0 aliphatic rings. The second-order valence-corrected chi connectivity index (χ2v) is 15.3. The Balaban J connectivity index is 0.000000795. The summed E-state index contributed by atoms with van der Waals surface area (Å²) in [6, 6.07) is 17.2. The molecule has 0 spiro atoms. The lowest BCUT2D eigenvalue weighted by Gasteiger charge is -2.08. The molecule has 35 heavy (non-hydrogen) atoms. The van der Waals surface area contributed by atoms with E-state index in [2.05, 4.69) is 96.5 Å². The molecule has 1 N–H and O–H groups in total. The van der Waals surface area contributed by atoms with Crippen LogP contribution in [0.5, 0.6) is 11.5 Å². The van der Waals surface area contributed by atoms with Crippen LogP contribution in [0, 0.1) is 13.8 Å². The molecule has 0 atom stereocenters. The predicted molar refractivity (Wildman–Crippen MR) is 160 cm³/mol. The van der Waals surface area contributed by atoms with Crippen LogP contribution in [0.1, 0.15) is 30.9 Å². The Morgan fingerprint density at radius 1 is 1.00 bits per heavy atom. The van der Waals surface area contributed by atoms with Gasteiger partial charge in [-0.2, -0.15) is 5.11 Å². The molecule has 1 aromatic heterocycles. The predicted octanol–water partition coefficient (Wildman–Crippen LogP) is 10.0. The van der Waals surface area contributed by atoms with Crippen molar-refractivity contribution in [2.75, 3.05) is 6.61 Å². The van der Waals surface area contributed by atoms with Crippen molar-refractivity contribution in [3.8, 4) is 22.1 Å². The summed E-state index contributed by atoms with van der Waals surface area (Å²) >= 11 is 11.0. The number of fused-ring (bicyclic) bond motifs is 1. The van der Waals surface area contributed by atoms with Crippen LogP contribution in [0.15, 0.2) is 64.8 Å². The molecule has 182 valence electrons. The SMILES string of the molecule is BrB(Br)Br.CCCCOc1cc(O)ccc1N=Nc1ccc(-c2nc3ccc(C)cc3s2)c(C)c1. The average Bonchev–Trinajstić information content (AvgIpc) is 3.21. The zero-order valence-electron chi connectivity index (χ0n) is 19.6. The average molecular weight is 682 g/mol. The molecule has 0 saturated heterocycles. The zero-order valence-corrected chi connectivity index (χ0v) is 25.2. The number of hydrogen-bond acceptors (Lipinski definition) is 6. The molecule has 0 aliphatic heterocycles. The van der Waals surface area contributed by atoms with Gasteiger partial charge in [0.2, 0.25) is 0 Å². The van der Waals surface area contributed by atoms with Gasteiger partial charge in [-0.15, -0.1) is 63.7 Å². The Morgan fingerprint density at radius 2 is 1.77 bits per heavy atom. The number of aromatic hydroxyl groups is 1. The highest BCUT2D eigenvalue weighted by Crippen LogP contribution is 2.36. The normalized spacial score (nSPS) is 10.9. The minimum Gasteiger partial charge on any atom is -0.508 e. The van der Waals surface area contributed by atoms with Crippen LogP contribution >= 0.6 is 58.6 Å². The topological polar surface area (TPSA) is 67.1 Å². The Hall–Kier alpha value is -1.75. The highest BCUT2D eigenvalue weighted by Gasteiger charge is 2.10. The molecular weight excluding hydrogens is 657 g/mol. The van der Waals surface area contributed by atoms with E-state index in [0.717, 1.165) is 40.2 Å². The van der Waals surface area contributed by atoms with Gasteiger partial charge in [0.25, 0.3) is 0 Å². The number of phenols is 1. The third-order valence-electron chi connectivity index (χ3n) is 4.96. The van der Waals surface area contributed by atoms with Crippen LogP contribution in [0.4, 0.5) is 11.4 Å². The third-order valence-corrected chi connectivity index (χ3v) is 6.01. The Kier molecular flexibility index (Phi) is 10.8. The second kappa shape index (κ2) is 13.5. The van der Waals surface area contributed by atoms with Crippen molar-refractivity contribution in [2.24, 2.45) is 10.2 Å². The van der Waals surface area contributed by atoms with Gasteiger partial charge < -0.3 is 9.84 Å². The van der Waals surface area contributed by atoms with Gasteiger partial charge in [-0.25, -0.2) is 4.98 Å². The fourth-order valence-corrected chi connectivity index (χ4v) is 4.39. The van der Waals surface area contributed by atoms with Gasteiger partial charge >= 0.3 is 3.18 Å². The molecule has 1 heterocycles. The molecule has 10 heteroatoms. The molecular formula is C25H25BBr3N3O2S. The summed E-state index contributed by atoms with van der Waals surface area (Å²) in [7, 11) is 0. The molecule has 0 unspecified atom stereocenters. The number of aryl methyl sites for hydroxylation is 2. The standard InChI is InChI=1S/C25H25N3O2S.BBr3/c1-4-5-12-30-23-15-19(29)8-11-21(23)28-27-18-7-9-20(17(3)14-18)25-26-22-10-6-16(2)13-24(22)31-25;2-1(3)4/h6-11,13-15,29H,4-5,12H2,1-3H3;. The van der Waals surface area contributed by atoms with E-state index in [1.54, 1.807) is 29.5 Å². The van der Waals surface area contributed by atoms with E-state index in [0.29, 0.717) is 18.0 Å². The molecule has 4 aromatic rings. The minimum absolute atomic E-state index is 0.150. The minimum atomic E-state index is 0.150. The van der Waals surface area contributed by atoms with Crippen LogP contribution in [0.2, 0.25) is 0 Å². The van der Waals surface area contributed by atoms with E-state index in [9.17, 15) is 5.11 Å². The smallest absolute Gasteiger partial charge is 0.369 e. The first-order valence-corrected chi connectivity index (χ1v) is 14.6. The first kappa shape index (κ1) is 27.8. The van der Waals surface area contributed by atoms with Crippen molar-refractivity contribution in [2.45, 2.75) is 33.6 Å². The number of halogens is 3. The highest BCUT2D eigenvalue weighted by atomic mass is 79.9. The molecule has 3 aromatic carbocycles. The van der Waals surface area contributed by atoms with Crippen molar-refractivity contribution in [3.63, 3.8) is 0 Å².